The van der Waals surface area contributed by atoms with Crippen molar-refractivity contribution < 1.29 is 14.3 Å². The molecule has 1 N–H and O–H groups in total. The largest absolute Gasteiger partial charge is 0.455 e. The number of nitrogens with zero attached hydrogens (tertiary/aromatic N) is 3. The third-order valence-corrected chi connectivity index (χ3v) is 4.71. The summed E-state index contributed by atoms with van der Waals surface area (Å²) in [7, 11) is 0. The first kappa shape index (κ1) is 21.7. The highest BCUT2D eigenvalue weighted by Crippen LogP contribution is 2.20. The summed E-state index contributed by atoms with van der Waals surface area (Å²) in [5.41, 5.74) is 2.64. The molecule has 0 atom stereocenters. The lowest BCUT2D eigenvalue weighted by molar-refractivity contribution is -0.147. The second-order valence-corrected chi connectivity index (χ2v) is 7.18. The number of hydrogen-bond acceptors (Lipinski definition) is 6. The molecule has 0 spiro atoms. The van der Waals surface area contributed by atoms with E-state index in [1.165, 1.54) is 4.90 Å². The number of aromatic amines is 1. The molecule has 0 bridgehead atoms. The number of hydrogen-bond donors (Lipinski definition) is 1. The van der Waals surface area contributed by atoms with Crippen LogP contribution in [0.3, 0.4) is 0 Å². The number of nitriles is 1. The Labute approximate surface area is 179 Å². The van der Waals surface area contributed by atoms with Crippen LogP contribution in [-0.4, -0.2) is 35.2 Å². The van der Waals surface area contributed by atoms with Gasteiger partial charge in [-0.05, 0) is 43.2 Å². The lowest BCUT2D eigenvalue weighted by atomic mass is 10.1. The fraction of sp³-hybridized carbons (Fsp3) is 0.261. The van der Waals surface area contributed by atoms with Crippen LogP contribution in [0.25, 0.3) is 10.8 Å². The van der Waals surface area contributed by atoms with Gasteiger partial charge in [0.05, 0.1) is 30.0 Å². The van der Waals surface area contributed by atoms with Crippen molar-refractivity contribution in [3.05, 3.63) is 69.6 Å². The smallest absolute Gasteiger partial charge is 0.312 e. The van der Waals surface area contributed by atoms with Gasteiger partial charge in [-0.1, -0.05) is 24.3 Å². The van der Waals surface area contributed by atoms with Crippen molar-refractivity contribution in [2.45, 2.75) is 26.7 Å². The summed E-state index contributed by atoms with van der Waals surface area (Å²) in [5, 5.41) is 16.2. The lowest BCUT2D eigenvalue weighted by Gasteiger charge is -2.22. The molecule has 0 radical (unpaired) electrons. The van der Waals surface area contributed by atoms with E-state index in [9.17, 15) is 14.4 Å². The lowest BCUT2D eigenvalue weighted by Crippen LogP contribution is -2.35. The summed E-state index contributed by atoms with van der Waals surface area (Å²) < 4.78 is 5.18. The first-order chi connectivity index (χ1) is 14.9. The molecule has 0 aliphatic carbocycles. The van der Waals surface area contributed by atoms with Gasteiger partial charge in [0.2, 0.25) is 0 Å². The molecule has 8 heteroatoms. The number of fused-ring (bicyclic) bond motifs is 1. The van der Waals surface area contributed by atoms with Crippen LogP contribution in [0.5, 0.6) is 0 Å². The van der Waals surface area contributed by atoms with Crippen LogP contribution in [0.2, 0.25) is 0 Å². The zero-order valence-corrected chi connectivity index (χ0v) is 17.3. The Morgan fingerprint density at radius 2 is 1.81 bits per heavy atom. The van der Waals surface area contributed by atoms with Crippen molar-refractivity contribution in [1.82, 2.24) is 10.2 Å². The molecule has 0 fully saturated rings. The van der Waals surface area contributed by atoms with E-state index in [0.29, 0.717) is 22.2 Å². The van der Waals surface area contributed by atoms with Crippen LogP contribution in [0.1, 0.15) is 23.2 Å². The van der Waals surface area contributed by atoms with Gasteiger partial charge in [0, 0.05) is 17.6 Å². The van der Waals surface area contributed by atoms with Crippen LogP contribution in [-0.2, 0) is 20.7 Å². The van der Waals surface area contributed by atoms with Gasteiger partial charge in [-0.3, -0.25) is 14.4 Å². The van der Waals surface area contributed by atoms with Gasteiger partial charge in [-0.25, -0.2) is 5.10 Å². The van der Waals surface area contributed by atoms with Gasteiger partial charge < -0.3 is 9.64 Å². The molecule has 0 aliphatic rings. The van der Waals surface area contributed by atoms with E-state index in [2.05, 4.69) is 10.2 Å². The van der Waals surface area contributed by atoms with Crippen LogP contribution in [0.15, 0.2) is 47.3 Å². The van der Waals surface area contributed by atoms with Gasteiger partial charge in [0.1, 0.15) is 0 Å². The van der Waals surface area contributed by atoms with Crippen LogP contribution in [0, 0.1) is 25.2 Å². The summed E-state index contributed by atoms with van der Waals surface area (Å²) in [4.78, 5) is 38.4. The monoisotopic (exact) mass is 418 g/mol. The average molecular weight is 418 g/mol. The van der Waals surface area contributed by atoms with Crippen molar-refractivity contribution in [3.63, 3.8) is 0 Å². The Hall–Kier alpha value is -3.99. The zero-order valence-electron chi connectivity index (χ0n) is 17.3. The number of amides is 1. The third kappa shape index (κ3) is 5.34. The average Bonchev–Trinajstić information content (AvgIpc) is 2.74. The maximum atomic E-state index is 12.8. The summed E-state index contributed by atoms with van der Waals surface area (Å²) in [5.74, 6) is -1.06. The van der Waals surface area contributed by atoms with Crippen LogP contribution in [0.4, 0.5) is 5.69 Å². The second-order valence-electron chi connectivity index (χ2n) is 7.18. The Kier molecular flexibility index (Phi) is 6.78. The molecule has 0 aliphatic heterocycles. The molecular formula is C23H22N4O4. The van der Waals surface area contributed by atoms with Crippen molar-refractivity contribution in [3.8, 4) is 6.07 Å². The normalized spacial score (nSPS) is 10.5. The predicted octanol–water partition coefficient (Wildman–Crippen LogP) is 2.57. The molecule has 3 aromatic rings. The van der Waals surface area contributed by atoms with E-state index in [-0.39, 0.29) is 24.9 Å². The highest BCUT2D eigenvalue weighted by Gasteiger charge is 2.19. The van der Waals surface area contributed by atoms with Gasteiger partial charge >= 0.3 is 5.97 Å². The maximum absolute atomic E-state index is 12.8. The number of ether oxygens (including phenoxy) is 1. The number of nitrogens with one attached hydrogen (secondary N) is 1. The minimum Gasteiger partial charge on any atom is -0.455 e. The van der Waals surface area contributed by atoms with Gasteiger partial charge in [-0.15, -0.1) is 0 Å². The Bertz CT molecular complexity index is 1210. The molecule has 0 saturated carbocycles. The number of rotatable bonds is 7. The molecule has 3 rings (SSSR count). The maximum Gasteiger partial charge on any atom is 0.312 e. The molecule has 1 aromatic heterocycles. The Morgan fingerprint density at radius 3 is 2.48 bits per heavy atom. The molecule has 2 aromatic carbocycles. The number of H-pyrrole nitrogens is 1. The summed E-state index contributed by atoms with van der Waals surface area (Å²) in [6.45, 7) is 3.58. The van der Waals surface area contributed by atoms with Crippen molar-refractivity contribution >= 4 is 28.3 Å². The van der Waals surface area contributed by atoms with Crippen molar-refractivity contribution in [2.24, 2.45) is 0 Å². The molecule has 8 nitrogen and oxygen atoms in total. The minimum absolute atomic E-state index is 0.153. The molecule has 158 valence electrons. The third-order valence-electron chi connectivity index (χ3n) is 4.71. The number of aromatic nitrogens is 2. The minimum atomic E-state index is -0.640. The fourth-order valence-corrected chi connectivity index (χ4v) is 3.38. The molecular weight excluding hydrogens is 396 g/mol. The zero-order chi connectivity index (χ0) is 22.4. The number of carbonyl (C=O) groups excluding carboxylic acids is 2. The van der Waals surface area contributed by atoms with Crippen LogP contribution < -0.4 is 10.5 Å². The Balaban J connectivity index is 1.71. The number of anilines is 1. The van der Waals surface area contributed by atoms with Gasteiger partial charge in [0.25, 0.3) is 11.5 Å². The highest BCUT2D eigenvalue weighted by molar-refractivity contribution is 5.95. The topological polar surface area (TPSA) is 116 Å². The molecule has 0 saturated heterocycles. The summed E-state index contributed by atoms with van der Waals surface area (Å²) in [6, 6.07) is 14.5. The van der Waals surface area contributed by atoms with Crippen LogP contribution >= 0.6 is 0 Å². The highest BCUT2D eigenvalue weighted by atomic mass is 16.5. The van der Waals surface area contributed by atoms with E-state index in [1.807, 2.05) is 38.1 Å². The number of esters is 1. The van der Waals surface area contributed by atoms with E-state index >= 15 is 0 Å². The quantitative estimate of drug-likeness (QED) is 0.590. The number of carbonyl (C=O) groups is 2. The van der Waals surface area contributed by atoms with E-state index in [0.717, 1.165) is 11.1 Å². The fourth-order valence-electron chi connectivity index (χ4n) is 3.38. The van der Waals surface area contributed by atoms with E-state index in [4.69, 9.17) is 10.00 Å². The molecule has 31 heavy (non-hydrogen) atoms. The SMILES string of the molecule is Cc1cc(C)cc(N(CCC#N)C(=O)COC(=O)Cc2n[nH]c(=O)c3ccccc23)c1. The Morgan fingerprint density at radius 1 is 1.13 bits per heavy atom. The molecule has 0 unspecified atom stereocenters. The van der Waals surface area contributed by atoms with E-state index < -0.39 is 18.5 Å². The first-order valence-corrected chi connectivity index (χ1v) is 9.76. The summed E-state index contributed by atoms with van der Waals surface area (Å²) in [6.07, 6.45) is -0.0354. The second kappa shape index (κ2) is 9.67. The first-order valence-electron chi connectivity index (χ1n) is 9.76. The van der Waals surface area contributed by atoms with Gasteiger partial charge in [0.15, 0.2) is 6.61 Å². The summed E-state index contributed by atoms with van der Waals surface area (Å²) >= 11 is 0. The van der Waals surface area contributed by atoms with Crippen molar-refractivity contribution in [1.29, 1.82) is 5.26 Å². The number of benzene rings is 2. The molecule has 1 amide bonds. The van der Waals surface area contributed by atoms with Crippen molar-refractivity contribution in [2.75, 3.05) is 18.1 Å². The predicted molar refractivity (Wildman–Crippen MR) is 116 cm³/mol. The number of aryl methyl sites for hydroxylation is 2. The van der Waals surface area contributed by atoms with E-state index in [1.54, 1.807) is 24.3 Å². The molecule has 1 heterocycles. The standard InChI is InChI=1S/C23H22N4O4/c1-15-10-16(2)12-17(11-15)27(9-5-8-24)21(28)14-31-22(29)13-20-18-6-3-4-7-19(18)23(30)26-25-20/h3-4,6-7,10-12H,5,9,13-14H2,1-2H3,(H,26,30). The van der Waals surface area contributed by atoms with Gasteiger partial charge in [-0.2, -0.15) is 10.4 Å².